The van der Waals surface area contributed by atoms with E-state index in [2.05, 4.69) is 19.6 Å². The first kappa shape index (κ1) is 14.4. The van der Waals surface area contributed by atoms with E-state index in [1.165, 1.54) is 11.5 Å². The standard InChI is InChI=1S/C11H17ClN6S/c1-7-11(19-16-15-7)9(13)10-8(12)6-14-18(10)5-4-17(2)3/h6,9H,4-5,13H2,1-3H3. The van der Waals surface area contributed by atoms with Gasteiger partial charge in [-0.05, 0) is 32.6 Å². The SMILES string of the molecule is Cc1nnsc1C(N)c1c(Cl)cnn1CCN(C)C. The van der Waals surface area contributed by atoms with Crippen LogP contribution in [0, 0.1) is 6.92 Å². The van der Waals surface area contributed by atoms with Crippen LogP contribution in [0.2, 0.25) is 5.02 Å². The van der Waals surface area contributed by atoms with Crippen LogP contribution >= 0.6 is 23.1 Å². The number of nitrogens with zero attached hydrogens (tertiary/aromatic N) is 5. The lowest BCUT2D eigenvalue weighted by Crippen LogP contribution is -2.23. The summed E-state index contributed by atoms with van der Waals surface area (Å²) in [6, 6.07) is -0.336. The minimum absolute atomic E-state index is 0.336. The highest BCUT2D eigenvalue weighted by Crippen LogP contribution is 2.29. The maximum absolute atomic E-state index is 6.29. The normalized spacial score (nSPS) is 13.2. The summed E-state index contributed by atoms with van der Waals surface area (Å²) in [4.78, 5) is 3.01. The van der Waals surface area contributed by atoms with Gasteiger partial charge in [0.25, 0.3) is 0 Å². The maximum atomic E-state index is 6.29. The molecule has 2 rings (SSSR count). The van der Waals surface area contributed by atoms with E-state index in [4.69, 9.17) is 17.3 Å². The Hall–Kier alpha value is -1.02. The second-order valence-corrected chi connectivity index (χ2v) is 5.80. The lowest BCUT2D eigenvalue weighted by molar-refractivity contribution is 0.368. The lowest BCUT2D eigenvalue weighted by Gasteiger charge is -2.15. The number of aryl methyl sites for hydroxylation is 1. The van der Waals surface area contributed by atoms with Gasteiger partial charge in [-0.3, -0.25) is 4.68 Å². The molecule has 0 amide bonds. The molecule has 1 atom stereocenters. The van der Waals surface area contributed by atoms with E-state index < -0.39 is 0 Å². The molecule has 2 N–H and O–H groups in total. The Kier molecular flexibility index (Phi) is 4.51. The Morgan fingerprint density at radius 3 is 2.84 bits per heavy atom. The van der Waals surface area contributed by atoms with E-state index in [0.29, 0.717) is 5.02 Å². The predicted molar refractivity (Wildman–Crippen MR) is 76.5 cm³/mol. The fraction of sp³-hybridized carbons (Fsp3) is 0.545. The first-order valence-electron chi connectivity index (χ1n) is 5.91. The second-order valence-electron chi connectivity index (χ2n) is 4.60. The van der Waals surface area contributed by atoms with Gasteiger partial charge < -0.3 is 10.6 Å². The zero-order valence-electron chi connectivity index (χ0n) is 11.2. The minimum Gasteiger partial charge on any atom is -0.318 e. The van der Waals surface area contributed by atoms with Crippen LogP contribution in [-0.4, -0.2) is 44.9 Å². The van der Waals surface area contributed by atoms with E-state index in [0.717, 1.165) is 29.4 Å². The zero-order valence-corrected chi connectivity index (χ0v) is 12.7. The molecule has 0 aromatic carbocycles. The summed E-state index contributed by atoms with van der Waals surface area (Å²) in [6.45, 7) is 3.51. The molecule has 0 aliphatic carbocycles. The van der Waals surface area contributed by atoms with Crippen LogP contribution in [0.25, 0.3) is 0 Å². The van der Waals surface area contributed by atoms with Gasteiger partial charge in [-0.15, -0.1) is 5.10 Å². The van der Waals surface area contributed by atoms with E-state index >= 15 is 0 Å². The maximum Gasteiger partial charge on any atom is 0.0867 e. The van der Waals surface area contributed by atoms with E-state index in [-0.39, 0.29) is 6.04 Å². The molecule has 0 radical (unpaired) electrons. The fourth-order valence-corrected chi connectivity index (χ4v) is 2.71. The summed E-state index contributed by atoms with van der Waals surface area (Å²) in [5, 5.41) is 8.86. The van der Waals surface area contributed by atoms with Gasteiger partial charge in [-0.25, -0.2) is 0 Å². The van der Waals surface area contributed by atoms with Crippen LogP contribution in [0.1, 0.15) is 22.3 Å². The third-order valence-electron chi connectivity index (χ3n) is 2.86. The molecule has 8 heteroatoms. The molecule has 2 aromatic rings. The molecule has 0 saturated heterocycles. The van der Waals surface area contributed by atoms with Gasteiger partial charge in [-0.2, -0.15) is 5.10 Å². The summed E-state index contributed by atoms with van der Waals surface area (Å²) in [5.74, 6) is 0. The molecule has 0 fully saturated rings. The molecular formula is C11H17ClN6S. The van der Waals surface area contributed by atoms with Crippen molar-refractivity contribution in [3.05, 3.63) is 27.5 Å². The van der Waals surface area contributed by atoms with Crippen molar-refractivity contribution in [1.82, 2.24) is 24.3 Å². The molecule has 2 aromatic heterocycles. The van der Waals surface area contributed by atoms with Gasteiger partial charge in [0.1, 0.15) is 0 Å². The Bertz CT molecular complexity index is 549. The molecule has 0 spiro atoms. The third kappa shape index (κ3) is 3.11. The van der Waals surface area contributed by atoms with Gasteiger partial charge in [0.05, 0.1) is 40.1 Å². The third-order valence-corrected chi connectivity index (χ3v) is 4.06. The van der Waals surface area contributed by atoms with E-state index in [1.54, 1.807) is 6.20 Å². The van der Waals surface area contributed by atoms with E-state index in [9.17, 15) is 0 Å². The topological polar surface area (TPSA) is 72.9 Å². The van der Waals surface area contributed by atoms with Gasteiger partial charge >= 0.3 is 0 Å². The highest BCUT2D eigenvalue weighted by molar-refractivity contribution is 7.05. The Morgan fingerprint density at radius 1 is 1.53 bits per heavy atom. The molecule has 19 heavy (non-hydrogen) atoms. The summed E-state index contributed by atoms with van der Waals surface area (Å²) in [7, 11) is 4.03. The van der Waals surface area contributed by atoms with Crippen LogP contribution < -0.4 is 5.73 Å². The molecule has 1 unspecified atom stereocenters. The van der Waals surface area contributed by atoms with Crippen LogP contribution in [0.15, 0.2) is 6.20 Å². The fourth-order valence-electron chi connectivity index (χ4n) is 1.80. The summed E-state index contributed by atoms with van der Waals surface area (Å²) < 4.78 is 5.77. The minimum atomic E-state index is -0.336. The van der Waals surface area contributed by atoms with Crippen LogP contribution in [-0.2, 0) is 6.54 Å². The van der Waals surface area contributed by atoms with Gasteiger partial charge in [0.2, 0.25) is 0 Å². The largest absolute Gasteiger partial charge is 0.318 e. The zero-order chi connectivity index (χ0) is 14.0. The lowest BCUT2D eigenvalue weighted by atomic mass is 10.1. The molecule has 0 bridgehead atoms. The number of hydrogen-bond acceptors (Lipinski definition) is 6. The second kappa shape index (κ2) is 5.96. The quantitative estimate of drug-likeness (QED) is 0.901. The number of rotatable bonds is 5. The van der Waals surface area contributed by atoms with Crippen molar-refractivity contribution in [2.45, 2.75) is 19.5 Å². The van der Waals surface area contributed by atoms with Gasteiger partial charge in [-0.1, -0.05) is 16.1 Å². The van der Waals surface area contributed by atoms with Crippen molar-refractivity contribution in [1.29, 1.82) is 0 Å². The van der Waals surface area contributed by atoms with Gasteiger partial charge in [0.15, 0.2) is 0 Å². The van der Waals surface area contributed by atoms with Crippen molar-refractivity contribution in [3.63, 3.8) is 0 Å². The van der Waals surface area contributed by atoms with Crippen LogP contribution in [0.5, 0.6) is 0 Å². The molecular weight excluding hydrogens is 284 g/mol. The van der Waals surface area contributed by atoms with Gasteiger partial charge in [0, 0.05) is 6.54 Å². The Labute approximate surface area is 121 Å². The van der Waals surface area contributed by atoms with Crippen molar-refractivity contribution < 1.29 is 0 Å². The highest BCUT2D eigenvalue weighted by Gasteiger charge is 2.22. The number of halogens is 1. The number of aromatic nitrogens is 4. The number of nitrogens with two attached hydrogens (primary N) is 1. The Balaban J connectivity index is 2.28. The van der Waals surface area contributed by atoms with Crippen molar-refractivity contribution in [2.75, 3.05) is 20.6 Å². The average molecular weight is 301 g/mol. The van der Waals surface area contributed by atoms with Crippen LogP contribution in [0.4, 0.5) is 0 Å². The number of hydrogen-bond donors (Lipinski definition) is 1. The van der Waals surface area contributed by atoms with E-state index in [1.807, 2.05) is 25.7 Å². The Morgan fingerprint density at radius 2 is 2.26 bits per heavy atom. The summed E-state index contributed by atoms with van der Waals surface area (Å²) in [6.07, 6.45) is 1.64. The average Bonchev–Trinajstić information content (AvgIpc) is 2.92. The molecule has 104 valence electrons. The first-order valence-corrected chi connectivity index (χ1v) is 7.06. The predicted octanol–water partition coefficient (Wildman–Crippen LogP) is 1.31. The van der Waals surface area contributed by atoms with Crippen molar-refractivity contribution >= 4 is 23.1 Å². The molecule has 0 aliphatic heterocycles. The summed E-state index contributed by atoms with van der Waals surface area (Å²) in [5.41, 5.74) is 7.94. The molecule has 2 heterocycles. The smallest absolute Gasteiger partial charge is 0.0867 e. The molecule has 6 nitrogen and oxygen atoms in total. The molecule has 0 saturated carbocycles. The van der Waals surface area contributed by atoms with Crippen LogP contribution in [0.3, 0.4) is 0 Å². The molecule has 0 aliphatic rings. The summed E-state index contributed by atoms with van der Waals surface area (Å²) >= 11 is 7.51. The highest BCUT2D eigenvalue weighted by atomic mass is 35.5. The first-order chi connectivity index (χ1) is 9.00. The van der Waals surface area contributed by atoms with Crippen molar-refractivity contribution in [3.8, 4) is 0 Å². The number of likely N-dealkylation sites (N-methyl/N-ethyl adjacent to an activating group) is 1. The van der Waals surface area contributed by atoms with Crippen molar-refractivity contribution in [2.24, 2.45) is 5.73 Å². The monoisotopic (exact) mass is 300 g/mol.